The zero-order valence-electron chi connectivity index (χ0n) is 30.8. The van der Waals surface area contributed by atoms with E-state index in [0.717, 1.165) is 71.7 Å². The molecule has 0 saturated carbocycles. The lowest BCUT2D eigenvalue weighted by atomic mass is 9.94. The third kappa shape index (κ3) is 5.83. The number of benzene rings is 9. The minimum Gasteiger partial charge on any atom is -0.456 e. The molecule has 11 rings (SSSR count). The normalized spacial score (nSPS) is 11.5. The molecule has 0 bridgehead atoms. The summed E-state index contributed by atoms with van der Waals surface area (Å²) in [5.41, 5.74) is 11.1. The Morgan fingerprint density at radius 2 is 0.807 bits per heavy atom. The Balaban J connectivity index is 1.15. The lowest BCUT2D eigenvalue weighted by Crippen LogP contribution is -2.01. The van der Waals surface area contributed by atoms with Gasteiger partial charge >= 0.3 is 0 Å². The molecule has 266 valence electrons. The van der Waals surface area contributed by atoms with Gasteiger partial charge in [0.2, 0.25) is 0 Å². The molecule has 11 aromatic rings. The van der Waals surface area contributed by atoms with E-state index in [1.54, 1.807) is 0 Å². The van der Waals surface area contributed by atoms with E-state index in [4.69, 9.17) is 19.4 Å². The lowest BCUT2D eigenvalue weighted by Gasteiger charge is -2.14. The van der Waals surface area contributed by atoms with E-state index in [1.807, 2.05) is 30.3 Å². The first-order valence-electron chi connectivity index (χ1n) is 19.2. The molecular weight excluding hydrogens is 695 g/mol. The monoisotopic (exact) mass is 727 g/mol. The van der Waals surface area contributed by atoms with Gasteiger partial charge in [0.05, 0.1) is 0 Å². The summed E-state index contributed by atoms with van der Waals surface area (Å²) in [5.74, 6) is 1.80. The average molecular weight is 728 g/mol. The Morgan fingerprint density at radius 1 is 0.281 bits per heavy atom. The van der Waals surface area contributed by atoms with Crippen LogP contribution in [0.1, 0.15) is 0 Å². The molecule has 2 aromatic heterocycles. The lowest BCUT2D eigenvalue weighted by molar-refractivity contribution is 0.669. The minimum atomic E-state index is 0.584. The van der Waals surface area contributed by atoms with Crippen molar-refractivity contribution in [2.75, 3.05) is 0 Å². The first-order chi connectivity index (χ1) is 28.2. The van der Waals surface area contributed by atoms with E-state index in [9.17, 15) is 0 Å². The third-order valence-electron chi connectivity index (χ3n) is 10.9. The van der Waals surface area contributed by atoms with Crippen molar-refractivity contribution in [3.8, 4) is 67.5 Å². The summed E-state index contributed by atoms with van der Waals surface area (Å²) in [6, 6.07) is 69.9. The Labute approximate surface area is 329 Å². The number of nitrogens with zero attached hydrogens (tertiary/aromatic N) is 3. The van der Waals surface area contributed by atoms with Crippen LogP contribution in [-0.4, -0.2) is 15.0 Å². The molecule has 0 saturated heterocycles. The number of para-hydroxylation sites is 1. The molecule has 9 aromatic carbocycles. The van der Waals surface area contributed by atoms with Crippen LogP contribution in [0.15, 0.2) is 205 Å². The highest BCUT2D eigenvalue weighted by atomic mass is 16.3. The van der Waals surface area contributed by atoms with E-state index >= 15 is 0 Å². The van der Waals surface area contributed by atoms with Gasteiger partial charge in [0, 0.05) is 27.5 Å². The van der Waals surface area contributed by atoms with Gasteiger partial charge < -0.3 is 4.42 Å². The Bertz CT molecular complexity index is 3280. The number of fused-ring (bicyclic) bond motifs is 5. The Morgan fingerprint density at radius 3 is 1.51 bits per heavy atom. The topological polar surface area (TPSA) is 51.8 Å². The molecule has 0 aliphatic carbocycles. The van der Waals surface area contributed by atoms with Crippen LogP contribution < -0.4 is 0 Å². The number of aromatic nitrogens is 3. The van der Waals surface area contributed by atoms with Crippen LogP contribution in [0, 0.1) is 0 Å². The predicted molar refractivity (Wildman–Crippen MR) is 235 cm³/mol. The van der Waals surface area contributed by atoms with Gasteiger partial charge in [-0.3, -0.25) is 0 Å². The van der Waals surface area contributed by atoms with Crippen LogP contribution in [0.2, 0.25) is 0 Å². The van der Waals surface area contributed by atoms with Crippen molar-refractivity contribution in [1.29, 1.82) is 0 Å². The van der Waals surface area contributed by atoms with Gasteiger partial charge in [0.25, 0.3) is 0 Å². The second-order valence-electron chi connectivity index (χ2n) is 14.4. The fraction of sp³-hybridized carbons (Fsp3) is 0. The first kappa shape index (κ1) is 32.7. The molecule has 57 heavy (non-hydrogen) atoms. The van der Waals surface area contributed by atoms with Gasteiger partial charge in [-0.1, -0.05) is 164 Å². The molecule has 2 heterocycles. The predicted octanol–water partition coefficient (Wildman–Crippen LogP) is 14.1. The highest BCUT2D eigenvalue weighted by Gasteiger charge is 2.21. The molecule has 0 spiro atoms. The van der Waals surface area contributed by atoms with Crippen LogP contribution >= 0.6 is 0 Å². The van der Waals surface area contributed by atoms with Crippen molar-refractivity contribution in [3.05, 3.63) is 200 Å². The summed E-state index contributed by atoms with van der Waals surface area (Å²) < 4.78 is 6.61. The van der Waals surface area contributed by atoms with Crippen molar-refractivity contribution in [2.45, 2.75) is 0 Å². The van der Waals surface area contributed by atoms with E-state index < -0.39 is 0 Å². The van der Waals surface area contributed by atoms with Gasteiger partial charge in [-0.25, -0.2) is 15.0 Å². The fourth-order valence-electron chi connectivity index (χ4n) is 8.13. The maximum absolute atomic E-state index is 6.61. The maximum atomic E-state index is 6.61. The van der Waals surface area contributed by atoms with Gasteiger partial charge in [0.1, 0.15) is 11.2 Å². The Kier molecular flexibility index (Phi) is 7.78. The van der Waals surface area contributed by atoms with Gasteiger partial charge in [-0.05, 0) is 91.3 Å². The van der Waals surface area contributed by atoms with Gasteiger partial charge in [-0.2, -0.15) is 0 Å². The van der Waals surface area contributed by atoms with Crippen LogP contribution in [0.5, 0.6) is 0 Å². The van der Waals surface area contributed by atoms with Crippen LogP contribution in [-0.2, 0) is 0 Å². The van der Waals surface area contributed by atoms with Crippen molar-refractivity contribution in [2.24, 2.45) is 0 Å². The molecule has 0 atom stereocenters. The fourth-order valence-corrected chi connectivity index (χ4v) is 8.13. The average Bonchev–Trinajstić information content (AvgIpc) is 3.67. The molecule has 0 unspecified atom stereocenters. The van der Waals surface area contributed by atoms with E-state index in [-0.39, 0.29) is 0 Å². The quantitative estimate of drug-likeness (QED) is 0.171. The molecule has 0 aliphatic rings. The summed E-state index contributed by atoms with van der Waals surface area (Å²) in [5, 5.41) is 6.56. The summed E-state index contributed by atoms with van der Waals surface area (Å²) in [7, 11) is 0. The summed E-state index contributed by atoms with van der Waals surface area (Å²) >= 11 is 0. The second-order valence-corrected chi connectivity index (χ2v) is 14.4. The van der Waals surface area contributed by atoms with Crippen molar-refractivity contribution in [3.63, 3.8) is 0 Å². The standard InChI is InChI=1S/C53H33N3O/c1-4-14-34(15-5-1)38-26-24-35-25-27-39(31-40(35)30-38)41-32-47(50-46-22-12-13-23-48(46)57-49(50)33-41)53-55-51(37-18-8-3-9-19-37)54-52(56-53)45-29-28-42(36-16-6-2-7-17-36)43-20-10-11-21-44(43)45/h1-33H. The number of hydrogen-bond donors (Lipinski definition) is 0. The first-order valence-corrected chi connectivity index (χ1v) is 19.2. The number of rotatable bonds is 6. The molecule has 0 radical (unpaired) electrons. The van der Waals surface area contributed by atoms with E-state index in [2.05, 4.69) is 170 Å². The van der Waals surface area contributed by atoms with Crippen molar-refractivity contribution < 1.29 is 4.42 Å². The highest BCUT2D eigenvalue weighted by Crippen LogP contribution is 2.41. The van der Waals surface area contributed by atoms with Crippen LogP contribution in [0.25, 0.3) is 111 Å². The number of furan rings is 1. The van der Waals surface area contributed by atoms with Gasteiger partial charge in [0.15, 0.2) is 17.5 Å². The molecule has 0 aliphatic heterocycles. The van der Waals surface area contributed by atoms with Crippen LogP contribution in [0.4, 0.5) is 0 Å². The second kappa shape index (κ2) is 13.6. The third-order valence-corrected chi connectivity index (χ3v) is 10.9. The Hall–Kier alpha value is -7.69. The van der Waals surface area contributed by atoms with Gasteiger partial charge in [-0.15, -0.1) is 0 Å². The largest absolute Gasteiger partial charge is 0.456 e. The van der Waals surface area contributed by atoms with E-state index in [1.165, 1.54) is 21.9 Å². The van der Waals surface area contributed by atoms with Crippen molar-refractivity contribution >= 4 is 43.5 Å². The summed E-state index contributed by atoms with van der Waals surface area (Å²) in [4.78, 5) is 15.8. The summed E-state index contributed by atoms with van der Waals surface area (Å²) in [6.07, 6.45) is 0. The minimum absolute atomic E-state index is 0.584. The molecular formula is C53H33N3O. The molecule has 0 amide bonds. The smallest absolute Gasteiger partial charge is 0.164 e. The zero-order chi connectivity index (χ0) is 37.7. The summed E-state index contributed by atoms with van der Waals surface area (Å²) in [6.45, 7) is 0. The SMILES string of the molecule is c1ccc(-c2ccc3ccc(-c4cc(-c5nc(-c6ccccc6)nc(-c6ccc(-c7ccccc7)c7ccccc67)n5)c5c(c4)oc4ccccc45)cc3c2)cc1. The highest BCUT2D eigenvalue weighted by molar-refractivity contribution is 6.13. The van der Waals surface area contributed by atoms with E-state index in [0.29, 0.717) is 17.5 Å². The molecule has 4 nitrogen and oxygen atoms in total. The maximum Gasteiger partial charge on any atom is 0.164 e. The van der Waals surface area contributed by atoms with Crippen LogP contribution in [0.3, 0.4) is 0 Å². The molecule has 4 heteroatoms. The zero-order valence-corrected chi connectivity index (χ0v) is 30.8. The molecule has 0 fully saturated rings. The van der Waals surface area contributed by atoms with Crippen molar-refractivity contribution in [1.82, 2.24) is 15.0 Å². The molecule has 0 N–H and O–H groups in total. The number of hydrogen-bond acceptors (Lipinski definition) is 4.